The van der Waals surface area contributed by atoms with E-state index in [4.69, 9.17) is 4.78 Å². The van der Waals surface area contributed by atoms with E-state index in [1.165, 1.54) is 4.57 Å². The number of rotatable bonds is 4. The minimum atomic E-state index is -4.52. The number of imidazole rings is 1. The highest BCUT2D eigenvalue weighted by Crippen LogP contribution is 2.41. The number of hydrogen-bond acceptors (Lipinski definition) is 5. The first kappa shape index (κ1) is 18.9. The van der Waals surface area contributed by atoms with E-state index >= 15 is 0 Å². The Morgan fingerprint density at radius 2 is 1.96 bits per heavy atom. The number of aromatic nitrogens is 4. The van der Waals surface area contributed by atoms with Crippen molar-refractivity contribution in [1.82, 2.24) is 19.5 Å². The molecule has 1 aliphatic rings. The van der Waals surface area contributed by atoms with Crippen LogP contribution in [-0.4, -0.2) is 29.5 Å². The average molecular weight is 409 g/mol. The molecule has 1 aliphatic carbocycles. The molecule has 4 rings (SSSR count). The highest BCUT2D eigenvalue weighted by atomic mass is 32.2. The molecule has 0 aliphatic heterocycles. The maximum atomic E-state index is 13.0. The summed E-state index contributed by atoms with van der Waals surface area (Å²) in [5, 5.41) is 0. The van der Waals surface area contributed by atoms with Gasteiger partial charge < -0.3 is 4.57 Å². The van der Waals surface area contributed by atoms with Gasteiger partial charge in [-0.25, -0.2) is 19.0 Å². The molecule has 0 spiro atoms. The van der Waals surface area contributed by atoms with Crippen molar-refractivity contribution in [2.75, 3.05) is 5.75 Å². The van der Waals surface area contributed by atoms with Crippen molar-refractivity contribution in [2.45, 2.75) is 36.8 Å². The minimum absolute atomic E-state index is 0.0688. The van der Waals surface area contributed by atoms with E-state index in [1.54, 1.807) is 26.2 Å². The third-order valence-electron chi connectivity index (χ3n) is 4.93. The lowest BCUT2D eigenvalue weighted by molar-refractivity contribution is -0.137. The highest BCUT2D eigenvalue weighted by molar-refractivity contribution is 7.92. The number of nitrogens with zero attached hydrogens (tertiary/aromatic N) is 4. The Balaban J connectivity index is 1.93. The van der Waals surface area contributed by atoms with Crippen LogP contribution in [-0.2, 0) is 23.0 Å². The average Bonchev–Trinajstić information content (AvgIpc) is 3.45. The zero-order valence-corrected chi connectivity index (χ0v) is 16.1. The summed E-state index contributed by atoms with van der Waals surface area (Å²) in [4.78, 5) is 12.9. The van der Waals surface area contributed by atoms with Gasteiger partial charge in [-0.1, -0.05) is 6.92 Å². The summed E-state index contributed by atoms with van der Waals surface area (Å²) in [7, 11) is -1.49. The van der Waals surface area contributed by atoms with Crippen molar-refractivity contribution in [3.63, 3.8) is 0 Å². The second kappa shape index (κ2) is 6.26. The third kappa shape index (κ3) is 3.15. The Hall–Kier alpha value is -2.49. The molecule has 0 amide bonds. The molecule has 3 heterocycles. The fraction of sp³-hybridized carbons (Fsp3) is 0.389. The second-order valence-electron chi connectivity index (χ2n) is 6.91. The highest BCUT2D eigenvalue weighted by Gasteiger charge is 2.32. The van der Waals surface area contributed by atoms with E-state index in [2.05, 4.69) is 15.0 Å². The van der Waals surface area contributed by atoms with Crippen molar-refractivity contribution < 1.29 is 17.4 Å². The van der Waals surface area contributed by atoms with E-state index in [0.717, 1.165) is 30.7 Å². The van der Waals surface area contributed by atoms with Crippen LogP contribution in [0, 0.1) is 4.78 Å². The van der Waals surface area contributed by atoms with Crippen LogP contribution >= 0.6 is 0 Å². The van der Waals surface area contributed by atoms with Crippen molar-refractivity contribution in [3.05, 3.63) is 35.7 Å². The van der Waals surface area contributed by atoms with Gasteiger partial charge in [-0.15, -0.1) is 0 Å². The standard InChI is InChI=1S/C18H18F3N5OS/c1-3-28(22,27)14-6-11(10-4-5-10)8-23-15(14)17-25-13-7-12(18(19,20)21)9-24-16(13)26(17)2/h6-10,22H,3-5H2,1-2H3. The molecule has 3 aromatic rings. The van der Waals surface area contributed by atoms with Gasteiger partial charge >= 0.3 is 6.18 Å². The van der Waals surface area contributed by atoms with Gasteiger partial charge in [0.1, 0.15) is 11.2 Å². The van der Waals surface area contributed by atoms with Crippen LogP contribution in [0.3, 0.4) is 0 Å². The summed E-state index contributed by atoms with van der Waals surface area (Å²) in [5.74, 6) is 0.715. The van der Waals surface area contributed by atoms with Gasteiger partial charge in [-0.05, 0) is 36.5 Å². The van der Waals surface area contributed by atoms with E-state index in [0.29, 0.717) is 5.92 Å². The monoisotopic (exact) mass is 409 g/mol. The fourth-order valence-corrected chi connectivity index (χ4v) is 4.21. The molecule has 0 saturated heterocycles. The van der Waals surface area contributed by atoms with Gasteiger partial charge in [0.2, 0.25) is 0 Å². The van der Waals surface area contributed by atoms with E-state index in [9.17, 15) is 17.4 Å². The molecule has 28 heavy (non-hydrogen) atoms. The Kier molecular flexibility index (Phi) is 4.22. The molecular weight excluding hydrogens is 391 g/mol. The smallest absolute Gasteiger partial charge is 0.310 e. The lowest BCUT2D eigenvalue weighted by atomic mass is 10.2. The molecule has 1 fully saturated rings. The Bertz CT molecular complexity index is 1180. The molecule has 1 N–H and O–H groups in total. The Labute approximate surface area is 159 Å². The number of pyridine rings is 2. The lowest BCUT2D eigenvalue weighted by Gasteiger charge is -2.12. The van der Waals surface area contributed by atoms with E-state index < -0.39 is 21.5 Å². The predicted octanol–water partition coefficient (Wildman–Crippen LogP) is 4.35. The van der Waals surface area contributed by atoms with Crippen LogP contribution in [0.4, 0.5) is 13.2 Å². The maximum absolute atomic E-state index is 13.0. The molecule has 148 valence electrons. The first-order chi connectivity index (χ1) is 13.1. The number of fused-ring (bicyclic) bond motifs is 1. The summed E-state index contributed by atoms with van der Waals surface area (Å²) >= 11 is 0. The van der Waals surface area contributed by atoms with Crippen LogP contribution in [0.25, 0.3) is 22.7 Å². The fourth-order valence-electron chi connectivity index (χ4n) is 3.12. The van der Waals surface area contributed by atoms with Crippen LogP contribution in [0.2, 0.25) is 0 Å². The van der Waals surface area contributed by atoms with Gasteiger partial charge in [-0.2, -0.15) is 13.2 Å². The van der Waals surface area contributed by atoms with Crippen molar-refractivity contribution in [2.24, 2.45) is 7.05 Å². The van der Waals surface area contributed by atoms with Crippen molar-refractivity contribution in [3.8, 4) is 11.5 Å². The number of halogens is 3. The Morgan fingerprint density at radius 1 is 1.25 bits per heavy atom. The molecule has 10 heteroatoms. The molecule has 0 aromatic carbocycles. The van der Waals surface area contributed by atoms with Crippen LogP contribution in [0.1, 0.15) is 36.8 Å². The molecular formula is C18H18F3N5OS. The zero-order chi connectivity index (χ0) is 20.3. The first-order valence-corrected chi connectivity index (χ1v) is 10.5. The number of aryl methyl sites for hydroxylation is 1. The summed E-state index contributed by atoms with van der Waals surface area (Å²) in [6.45, 7) is 1.66. The van der Waals surface area contributed by atoms with E-state index in [-0.39, 0.29) is 33.3 Å². The summed E-state index contributed by atoms with van der Waals surface area (Å²) in [6, 6.07) is 2.68. The molecule has 1 atom stereocenters. The van der Waals surface area contributed by atoms with Crippen LogP contribution in [0.15, 0.2) is 29.4 Å². The lowest BCUT2D eigenvalue weighted by Crippen LogP contribution is -2.08. The Morgan fingerprint density at radius 3 is 2.57 bits per heavy atom. The normalized spacial score (nSPS) is 17.0. The second-order valence-corrected chi connectivity index (χ2v) is 9.28. The van der Waals surface area contributed by atoms with Crippen LogP contribution < -0.4 is 0 Å². The topological polar surface area (TPSA) is 84.5 Å². The van der Waals surface area contributed by atoms with Crippen molar-refractivity contribution in [1.29, 1.82) is 4.78 Å². The molecule has 1 saturated carbocycles. The van der Waals surface area contributed by atoms with Gasteiger partial charge in [0.25, 0.3) is 0 Å². The molecule has 0 radical (unpaired) electrons. The molecule has 6 nitrogen and oxygen atoms in total. The van der Waals surface area contributed by atoms with Gasteiger partial charge in [0.05, 0.1) is 20.2 Å². The minimum Gasteiger partial charge on any atom is -0.310 e. The van der Waals surface area contributed by atoms with Gasteiger partial charge in [-0.3, -0.25) is 4.98 Å². The molecule has 3 aromatic heterocycles. The SMILES string of the molecule is CCS(=N)(=O)c1cc(C2CC2)cnc1-c1nc2cc(C(F)(F)F)cnc2n1C. The molecule has 1 unspecified atom stereocenters. The third-order valence-corrected chi connectivity index (χ3v) is 6.77. The molecule has 0 bridgehead atoms. The maximum Gasteiger partial charge on any atom is 0.417 e. The quantitative estimate of drug-likeness (QED) is 0.694. The summed E-state index contributed by atoms with van der Waals surface area (Å²) in [6.07, 6.45) is -0.0239. The first-order valence-electron chi connectivity index (χ1n) is 8.78. The summed E-state index contributed by atoms with van der Waals surface area (Å²) < 4.78 is 61.6. The van der Waals surface area contributed by atoms with E-state index in [1.807, 2.05) is 0 Å². The number of alkyl halides is 3. The largest absolute Gasteiger partial charge is 0.417 e. The van der Waals surface area contributed by atoms with Crippen molar-refractivity contribution >= 4 is 20.9 Å². The zero-order valence-electron chi connectivity index (χ0n) is 15.2. The summed E-state index contributed by atoms with van der Waals surface area (Å²) in [5.41, 5.74) is 0.623. The van der Waals surface area contributed by atoms with Crippen LogP contribution in [0.5, 0.6) is 0 Å². The predicted molar refractivity (Wildman–Crippen MR) is 98.4 cm³/mol. The van der Waals surface area contributed by atoms with Gasteiger partial charge in [0, 0.05) is 25.2 Å². The van der Waals surface area contributed by atoms with Gasteiger partial charge in [0.15, 0.2) is 11.5 Å². The number of nitrogens with one attached hydrogen (secondary N) is 1. The number of hydrogen-bond donors (Lipinski definition) is 1.